The number of aliphatic carboxylic acids is 2. The molecule has 0 spiro atoms. The number of hydrogen-bond donors (Lipinski definition) is 0. The maximum atomic E-state index is 10.2. The van der Waals surface area contributed by atoms with Crippen molar-refractivity contribution >= 4 is 87.4 Å². The summed E-state index contributed by atoms with van der Waals surface area (Å²) in [6.45, 7) is 4.52. The van der Waals surface area contributed by atoms with Crippen LogP contribution < -0.4 is 10.2 Å². The maximum Gasteiger partial charge on any atom is 2.00 e. The molecule has 0 aromatic heterocycles. The molecule has 4 nitrogen and oxygen atoms in total. The average Bonchev–Trinajstić information content (AvgIpc) is 2.89. The van der Waals surface area contributed by atoms with Gasteiger partial charge in [-0.15, -0.1) is 0 Å². The first-order valence-electron chi connectivity index (χ1n) is 16.9. The van der Waals surface area contributed by atoms with Crippen molar-refractivity contribution in [2.75, 3.05) is 0 Å². The molecule has 0 heterocycles. The van der Waals surface area contributed by atoms with Crippen molar-refractivity contribution in [3.8, 4) is 0 Å². The largest absolute Gasteiger partial charge is 2.00 e. The summed E-state index contributed by atoms with van der Waals surface area (Å²) in [5.41, 5.74) is 0. The molecule has 0 radical (unpaired) electrons. The molecule has 0 bridgehead atoms. The van der Waals surface area contributed by atoms with Gasteiger partial charge in [-0.05, 0) is 25.7 Å². The number of hydrogen-bond acceptors (Lipinski definition) is 4. The predicted octanol–water partition coefficient (Wildman–Crippen LogP) is 8.45. The average molecular weight is 619 g/mol. The normalized spacial score (nSPS) is 10.2. The van der Waals surface area contributed by atoms with E-state index in [1.54, 1.807) is 0 Å². The van der Waals surface area contributed by atoms with Crippen molar-refractivity contribution in [3.63, 3.8) is 0 Å². The molecular weight excluding hydrogens is 553 g/mol. The van der Waals surface area contributed by atoms with Crippen molar-refractivity contribution in [1.29, 1.82) is 0 Å². The summed E-state index contributed by atoms with van der Waals surface area (Å²) in [6, 6.07) is 0. The molecule has 0 atom stereocenters. The second-order valence-electron chi connectivity index (χ2n) is 11.4. The fourth-order valence-corrected chi connectivity index (χ4v) is 4.93. The fraction of sp³-hybridized carbons (Fsp3) is 0.941. The summed E-state index contributed by atoms with van der Waals surface area (Å²) >= 11 is 0. The zero-order chi connectivity index (χ0) is 28.4. The van der Waals surface area contributed by atoms with Crippen LogP contribution in [0.15, 0.2) is 0 Å². The summed E-state index contributed by atoms with van der Waals surface area (Å²) in [6.07, 6.45) is 36.8. The van der Waals surface area contributed by atoms with Crippen LogP contribution in [0.4, 0.5) is 0 Å². The second kappa shape index (κ2) is 44.9. The van der Waals surface area contributed by atoms with Crippen molar-refractivity contribution in [2.45, 2.75) is 206 Å². The molecule has 0 saturated heterocycles. The van der Waals surface area contributed by atoms with Gasteiger partial charge in [-0.3, -0.25) is 0 Å². The number of carbonyl (C=O) groups is 2. The van der Waals surface area contributed by atoms with E-state index in [-0.39, 0.29) is 88.3 Å². The van der Waals surface area contributed by atoms with Crippen LogP contribution in [0.2, 0.25) is 0 Å². The third-order valence-electron chi connectivity index (χ3n) is 7.47. The number of unbranched alkanes of at least 4 members (excludes halogenated alkanes) is 26. The van der Waals surface area contributed by atoms with Gasteiger partial charge in [0, 0.05) is 11.9 Å². The van der Waals surface area contributed by atoms with Crippen LogP contribution in [0.5, 0.6) is 0 Å². The van der Waals surface area contributed by atoms with E-state index in [0.29, 0.717) is 0 Å². The molecule has 0 N–H and O–H groups in total. The van der Waals surface area contributed by atoms with E-state index < -0.39 is 11.9 Å². The van der Waals surface area contributed by atoms with Gasteiger partial charge < -0.3 is 19.8 Å². The summed E-state index contributed by atoms with van der Waals surface area (Å²) in [5, 5.41) is 20.4. The van der Waals surface area contributed by atoms with E-state index >= 15 is 0 Å². The van der Waals surface area contributed by atoms with Crippen LogP contribution in [0.1, 0.15) is 206 Å². The minimum atomic E-state index is -0.905. The Morgan fingerprint density at radius 1 is 0.325 bits per heavy atom. The van der Waals surface area contributed by atoms with Gasteiger partial charge in [0.2, 0.25) is 0 Å². The standard InChI is InChI=1S/C18H36O2.C16H32O2.2Ca/c1-2-3-4-5-6-7-8-9-10-11-12-13-14-15-16-17-18(19)20;1-2-3-4-5-6-7-8-9-10-11-12-13-14-15-16(17)18;;/h2-17H2,1H3,(H,19,20);2-15H2,1H3,(H,17,18);;/q;;2*+2/p-2. The van der Waals surface area contributed by atoms with Crippen LogP contribution in [0.25, 0.3) is 0 Å². The van der Waals surface area contributed by atoms with Gasteiger partial charge in [-0.2, -0.15) is 0 Å². The van der Waals surface area contributed by atoms with Gasteiger partial charge in [-0.1, -0.05) is 181 Å². The van der Waals surface area contributed by atoms with Crippen molar-refractivity contribution in [3.05, 3.63) is 0 Å². The molecule has 0 aromatic rings. The number of carboxylic acid groups (broad SMARTS) is 2. The Morgan fingerprint density at radius 3 is 0.625 bits per heavy atom. The van der Waals surface area contributed by atoms with E-state index in [2.05, 4.69) is 13.8 Å². The molecule has 0 rings (SSSR count). The summed E-state index contributed by atoms with van der Waals surface area (Å²) in [7, 11) is 0. The first kappa shape index (κ1) is 48.4. The van der Waals surface area contributed by atoms with Gasteiger partial charge >= 0.3 is 75.5 Å². The van der Waals surface area contributed by atoms with Crippen molar-refractivity contribution in [1.82, 2.24) is 0 Å². The Bertz CT molecular complexity index is 475. The van der Waals surface area contributed by atoms with Crippen LogP contribution in [0, 0.1) is 0 Å². The van der Waals surface area contributed by atoms with E-state index in [4.69, 9.17) is 0 Å². The monoisotopic (exact) mass is 618 g/mol. The first-order chi connectivity index (χ1) is 18.5. The van der Waals surface area contributed by atoms with Crippen LogP contribution in [-0.4, -0.2) is 87.4 Å². The Labute approximate surface area is 310 Å². The zero-order valence-electron chi connectivity index (χ0n) is 27.3. The molecule has 0 aliphatic rings. The van der Waals surface area contributed by atoms with Crippen LogP contribution >= 0.6 is 0 Å². The topological polar surface area (TPSA) is 80.3 Å². The first-order valence-corrected chi connectivity index (χ1v) is 16.9. The van der Waals surface area contributed by atoms with Gasteiger partial charge in [0.1, 0.15) is 0 Å². The van der Waals surface area contributed by atoms with Gasteiger partial charge in [0.15, 0.2) is 0 Å². The summed E-state index contributed by atoms with van der Waals surface area (Å²) < 4.78 is 0. The second-order valence-corrected chi connectivity index (χ2v) is 11.4. The molecule has 0 unspecified atom stereocenters. The summed E-state index contributed by atoms with van der Waals surface area (Å²) in [4.78, 5) is 20.4. The van der Waals surface area contributed by atoms with Gasteiger partial charge in [0.25, 0.3) is 0 Å². The number of carbonyl (C=O) groups excluding carboxylic acids is 2. The molecule has 6 heteroatoms. The van der Waals surface area contributed by atoms with Gasteiger partial charge in [0.05, 0.1) is 0 Å². The quantitative estimate of drug-likeness (QED) is 0.0597. The molecule has 0 amide bonds. The number of rotatable bonds is 30. The fourth-order valence-electron chi connectivity index (χ4n) is 4.93. The molecule has 0 aromatic carbocycles. The molecule has 0 aliphatic carbocycles. The minimum absolute atomic E-state index is 0. The summed E-state index contributed by atoms with van der Waals surface area (Å²) in [5.74, 6) is -1.81. The Balaban J connectivity index is -0.000000310. The predicted molar refractivity (Wildman–Crippen MR) is 171 cm³/mol. The third kappa shape index (κ3) is 52.1. The molecule has 0 fully saturated rings. The Hall–Kier alpha value is 1.46. The van der Waals surface area contributed by atoms with E-state index in [0.717, 1.165) is 25.7 Å². The maximum absolute atomic E-state index is 10.2. The number of carboxylic acids is 2. The molecule has 0 saturated carbocycles. The van der Waals surface area contributed by atoms with Crippen LogP contribution in [-0.2, 0) is 9.59 Å². The molecular formula is C34H66Ca2O4+2. The minimum Gasteiger partial charge on any atom is -0.550 e. The van der Waals surface area contributed by atoms with E-state index in [1.165, 1.54) is 154 Å². The third-order valence-corrected chi connectivity index (χ3v) is 7.47. The van der Waals surface area contributed by atoms with Gasteiger partial charge in [-0.25, -0.2) is 0 Å². The Morgan fingerprint density at radius 2 is 0.475 bits per heavy atom. The van der Waals surface area contributed by atoms with E-state index in [9.17, 15) is 19.8 Å². The van der Waals surface area contributed by atoms with Crippen molar-refractivity contribution in [2.24, 2.45) is 0 Å². The van der Waals surface area contributed by atoms with Crippen molar-refractivity contribution < 1.29 is 19.8 Å². The molecule has 228 valence electrons. The van der Waals surface area contributed by atoms with Crippen LogP contribution in [0.3, 0.4) is 0 Å². The zero-order valence-corrected chi connectivity index (χ0v) is 31.7. The molecule has 0 aliphatic heterocycles. The Kier molecular flexibility index (Phi) is 54.3. The van der Waals surface area contributed by atoms with E-state index in [1.807, 2.05) is 0 Å². The smallest absolute Gasteiger partial charge is 0.550 e. The molecule has 40 heavy (non-hydrogen) atoms. The SMILES string of the molecule is CCCCCCCCCCCCCCCC(=O)[O-].CCCCCCCCCCCCCCCCCC(=O)[O-].[Ca+2].[Ca+2].